The van der Waals surface area contributed by atoms with E-state index in [1.54, 1.807) is 60.7 Å². The number of rotatable bonds is 0. The fourth-order valence-electron chi connectivity index (χ4n) is 5.02. The van der Waals surface area contributed by atoms with E-state index in [1.807, 2.05) is 0 Å². The lowest BCUT2D eigenvalue weighted by molar-refractivity contribution is 1.41. The SMILES string of the molecule is O=c1c2ccccc2c(=O)c2c1ccc1nc3c(cc(Cl)c4c(=O)c5ccccc5c(=O)c43)nc12. The molecule has 0 unspecified atom stereocenters. The van der Waals surface area contributed by atoms with E-state index >= 15 is 0 Å². The summed E-state index contributed by atoms with van der Waals surface area (Å²) >= 11 is 6.50. The summed E-state index contributed by atoms with van der Waals surface area (Å²) in [5.41, 5.74) is -0.247. The minimum absolute atomic E-state index is 0.0755. The van der Waals surface area contributed by atoms with Crippen LogP contribution >= 0.6 is 11.6 Å². The lowest BCUT2D eigenvalue weighted by Gasteiger charge is -2.09. The van der Waals surface area contributed by atoms with Gasteiger partial charge in [0.05, 0.1) is 32.2 Å². The smallest absolute Gasteiger partial charge is 0.196 e. The van der Waals surface area contributed by atoms with Crippen molar-refractivity contribution in [3.8, 4) is 0 Å². The van der Waals surface area contributed by atoms with Crippen LogP contribution in [0.2, 0.25) is 5.02 Å². The molecule has 0 N–H and O–H groups in total. The maximum Gasteiger partial charge on any atom is 0.196 e. The van der Waals surface area contributed by atoms with E-state index in [1.165, 1.54) is 6.07 Å². The summed E-state index contributed by atoms with van der Waals surface area (Å²) in [6, 6.07) is 17.9. The van der Waals surface area contributed by atoms with Crippen LogP contribution in [0.4, 0.5) is 0 Å². The van der Waals surface area contributed by atoms with Gasteiger partial charge in [-0.1, -0.05) is 60.1 Å². The third-order valence-electron chi connectivity index (χ3n) is 6.61. The quantitative estimate of drug-likeness (QED) is 0.239. The van der Waals surface area contributed by atoms with Gasteiger partial charge >= 0.3 is 0 Å². The summed E-state index contributed by atoms with van der Waals surface area (Å²) in [6.07, 6.45) is 0. The number of hydrogen-bond donors (Lipinski definition) is 0. The van der Waals surface area contributed by atoms with Gasteiger partial charge in [0.1, 0.15) is 11.0 Å². The van der Waals surface area contributed by atoms with Gasteiger partial charge in [-0.2, -0.15) is 0 Å². The van der Waals surface area contributed by atoms with E-state index in [2.05, 4.69) is 9.97 Å². The first-order chi connectivity index (χ1) is 17.0. The highest BCUT2D eigenvalue weighted by atomic mass is 35.5. The van der Waals surface area contributed by atoms with Gasteiger partial charge in [-0.05, 0) is 18.2 Å². The molecule has 1 heterocycles. The molecule has 0 saturated carbocycles. The fourth-order valence-corrected chi connectivity index (χ4v) is 5.30. The largest absolute Gasteiger partial charge is 0.289 e. The van der Waals surface area contributed by atoms with Crippen molar-refractivity contribution in [2.45, 2.75) is 0 Å². The van der Waals surface area contributed by atoms with Crippen LogP contribution in [-0.2, 0) is 0 Å². The van der Waals surface area contributed by atoms with E-state index in [0.717, 1.165) is 0 Å². The number of hydrogen-bond acceptors (Lipinski definition) is 6. The molecule has 0 aliphatic rings. The Kier molecular flexibility index (Phi) is 3.83. The van der Waals surface area contributed by atoms with E-state index in [0.29, 0.717) is 16.3 Å². The zero-order chi connectivity index (χ0) is 24.0. The lowest BCUT2D eigenvalue weighted by atomic mass is 9.99. The van der Waals surface area contributed by atoms with Crippen LogP contribution in [0.1, 0.15) is 0 Å². The average molecular weight is 475 g/mol. The molecule has 0 bridgehead atoms. The Hall–Kier alpha value is -4.55. The monoisotopic (exact) mass is 474 g/mol. The molecular weight excluding hydrogens is 464 g/mol. The Morgan fingerprint density at radius 1 is 0.486 bits per heavy atom. The minimum atomic E-state index is -0.366. The summed E-state index contributed by atoms with van der Waals surface area (Å²) in [5.74, 6) is 0. The van der Waals surface area contributed by atoms with Crippen molar-refractivity contribution in [2.24, 2.45) is 0 Å². The molecular formula is C28H11ClN2O4. The summed E-state index contributed by atoms with van der Waals surface area (Å²) in [4.78, 5) is 62.4. The molecule has 6 aromatic carbocycles. The normalized spacial score (nSPS) is 12.0. The predicted octanol–water partition coefficient (Wildman–Crippen LogP) is 4.37. The molecule has 0 saturated heterocycles. The second-order valence-corrected chi connectivity index (χ2v) is 8.87. The van der Waals surface area contributed by atoms with Crippen LogP contribution in [0.15, 0.2) is 85.9 Å². The Bertz CT molecular complexity index is 2320. The van der Waals surface area contributed by atoms with Crippen LogP contribution in [0.5, 0.6) is 0 Å². The molecule has 6 nitrogen and oxygen atoms in total. The number of aromatic nitrogens is 2. The Balaban J connectivity index is 1.75. The number of halogens is 1. The Morgan fingerprint density at radius 2 is 0.971 bits per heavy atom. The molecule has 0 fully saturated rings. The van der Waals surface area contributed by atoms with Gasteiger partial charge in [0.2, 0.25) is 0 Å². The van der Waals surface area contributed by atoms with Crippen molar-refractivity contribution in [1.82, 2.24) is 9.97 Å². The van der Waals surface area contributed by atoms with Crippen LogP contribution in [0.3, 0.4) is 0 Å². The van der Waals surface area contributed by atoms with Gasteiger partial charge in [0, 0.05) is 26.9 Å². The molecule has 35 heavy (non-hydrogen) atoms. The van der Waals surface area contributed by atoms with Gasteiger partial charge in [0.15, 0.2) is 21.7 Å². The van der Waals surface area contributed by atoms with E-state index in [4.69, 9.17) is 11.6 Å². The Morgan fingerprint density at radius 3 is 1.60 bits per heavy atom. The van der Waals surface area contributed by atoms with Gasteiger partial charge in [-0.15, -0.1) is 0 Å². The molecule has 7 rings (SSSR count). The first-order valence-electron chi connectivity index (χ1n) is 10.8. The highest BCUT2D eigenvalue weighted by Crippen LogP contribution is 2.30. The summed E-state index contributed by atoms with van der Waals surface area (Å²) in [7, 11) is 0. The summed E-state index contributed by atoms with van der Waals surface area (Å²) in [5, 5.41) is 1.90. The summed E-state index contributed by atoms with van der Waals surface area (Å²) in [6.45, 7) is 0. The van der Waals surface area contributed by atoms with Crippen molar-refractivity contribution in [2.75, 3.05) is 0 Å². The molecule has 0 atom stereocenters. The number of fused-ring (bicyclic) bond motifs is 8. The number of nitrogens with zero attached hydrogens (tertiary/aromatic N) is 2. The third-order valence-corrected chi connectivity index (χ3v) is 6.91. The molecule has 164 valence electrons. The maximum atomic E-state index is 13.4. The predicted molar refractivity (Wildman–Crippen MR) is 140 cm³/mol. The van der Waals surface area contributed by atoms with Crippen molar-refractivity contribution < 1.29 is 0 Å². The van der Waals surface area contributed by atoms with E-state index in [9.17, 15) is 19.2 Å². The van der Waals surface area contributed by atoms with Crippen LogP contribution in [-0.4, -0.2) is 9.97 Å². The Labute approximate surface area is 199 Å². The van der Waals surface area contributed by atoms with E-state index in [-0.39, 0.29) is 75.6 Å². The molecule has 0 radical (unpaired) electrons. The molecule has 7 heteroatoms. The van der Waals surface area contributed by atoms with E-state index < -0.39 is 0 Å². The highest BCUT2D eigenvalue weighted by molar-refractivity contribution is 6.37. The van der Waals surface area contributed by atoms with Crippen LogP contribution < -0.4 is 21.7 Å². The van der Waals surface area contributed by atoms with Crippen molar-refractivity contribution in [3.05, 3.63) is 113 Å². The fraction of sp³-hybridized carbons (Fsp3) is 0. The second kappa shape index (κ2) is 6.74. The molecule has 0 spiro atoms. The molecule has 0 amide bonds. The number of benzene rings is 6. The molecule has 0 aliphatic heterocycles. The zero-order valence-electron chi connectivity index (χ0n) is 17.8. The van der Waals surface area contributed by atoms with Gasteiger partial charge < -0.3 is 0 Å². The van der Waals surface area contributed by atoms with Crippen LogP contribution in [0, 0.1) is 0 Å². The van der Waals surface area contributed by atoms with Crippen molar-refractivity contribution in [3.63, 3.8) is 0 Å². The lowest BCUT2D eigenvalue weighted by Crippen LogP contribution is -2.15. The molecule has 0 aliphatic carbocycles. The minimum Gasteiger partial charge on any atom is -0.289 e. The van der Waals surface area contributed by atoms with Gasteiger partial charge in [-0.25, -0.2) is 9.97 Å². The van der Waals surface area contributed by atoms with Gasteiger partial charge in [0.25, 0.3) is 0 Å². The standard InChI is InChI=1S/C28H11ClN2O4/c29-17-11-19-24(22-21(17)27(34)14-7-3-4-8-15(14)28(22)35)30-18-10-9-16-20(23(18)31-19)26(33)13-6-2-1-5-12(13)25(16)32/h1-11H. The zero-order valence-corrected chi connectivity index (χ0v) is 18.5. The van der Waals surface area contributed by atoms with Crippen molar-refractivity contribution >= 4 is 76.8 Å². The van der Waals surface area contributed by atoms with Crippen LogP contribution in [0.25, 0.3) is 65.2 Å². The second-order valence-electron chi connectivity index (χ2n) is 8.46. The summed E-state index contributed by atoms with van der Waals surface area (Å²) < 4.78 is 0. The average Bonchev–Trinajstić information content (AvgIpc) is 2.88. The van der Waals surface area contributed by atoms with Crippen molar-refractivity contribution in [1.29, 1.82) is 0 Å². The third kappa shape index (κ3) is 2.49. The first-order valence-corrected chi connectivity index (χ1v) is 11.2. The topological polar surface area (TPSA) is 94.1 Å². The molecule has 7 aromatic rings. The maximum absolute atomic E-state index is 13.4. The van der Waals surface area contributed by atoms with Gasteiger partial charge in [-0.3, -0.25) is 19.2 Å². The highest BCUT2D eigenvalue weighted by Gasteiger charge is 2.20. The first kappa shape index (κ1) is 19.9. The molecule has 1 aromatic heterocycles.